The summed E-state index contributed by atoms with van der Waals surface area (Å²) in [5.74, 6) is -0.975. The normalized spacial score (nSPS) is 25.3. The number of carbonyl (C=O) groups is 1. The molecule has 2 N–H and O–H groups in total. The number of anilines is 1. The van der Waals surface area contributed by atoms with Gasteiger partial charge in [-0.15, -0.1) is 0 Å². The van der Waals surface area contributed by atoms with Crippen molar-refractivity contribution < 1.29 is 18.8 Å². The van der Waals surface area contributed by atoms with Gasteiger partial charge in [-0.25, -0.2) is 4.39 Å². The quantitative estimate of drug-likeness (QED) is 0.409. The summed E-state index contributed by atoms with van der Waals surface area (Å²) in [4.78, 5) is 25.1. The predicted molar refractivity (Wildman–Crippen MR) is 125 cm³/mol. The summed E-state index contributed by atoms with van der Waals surface area (Å²) < 4.78 is 18.9. The van der Waals surface area contributed by atoms with Crippen molar-refractivity contribution >= 4 is 23.2 Å². The Balaban J connectivity index is 1.46. The average Bonchev–Trinajstić information content (AvgIpc) is 3.28. The molecule has 0 saturated carbocycles. The molecular formula is C25H21ClFN3O4. The lowest BCUT2D eigenvalue weighted by atomic mass is 9.78. The SMILES string of the molecule is C[C@@H]1N[C@]2(C(=O)Nc3ccccc32)[C@@H]([N+](=O)[O-])[C@@H]1c1ccc(OCc2ccc(F)cc2)c(Cl)c1. The maximum absolute atomic E-state index is 13.1. The zero-order valence-electron chi connectivity index (χ0n) is 18.1. The second-order valence-corrected chi connectivity index (χ2v) is 9.01. The summed E-state index contributed by atoms with van der Waals surface area (Å²) >= 11 is 6.48. The topological polar surface area (TPSA) is 93.5 Å². The second kappa shape index (κ2) is 8.38. The van der Waals surface area contributed by atoms with E-state index in [1.807, 2.05) is 6.92 Å². The van der Waals surface area contributed by atoms with Gasteiger partial charge in [0.15, 0.2) is 5.54 Å². The summed E-state index contributed by atoms with van der Waals surface area (Å²) in [5, 5.41) is 18.7. The highest BCUT2D eigenvalue weighted by molar-refractivity contribution is 6.32. The highest BCUT2D eigenvalue weighted by Crippen LogP contribution is 2.50. The van der Waals surface area contributed by atoms with Gasteiger partial charge in [0.05, 0.1) is 10.9 Å². The Hall–Kier alpha value is -3.49. The number of ether oxygens (including phenoxy) is 1. The summed E-state index contributed by atoms with van der Waals surface area (Å²) in [5.41, 5.74) is 1.07. The van der Waals surface area contributed by atoms with E-state index in [1.54, 1.807) is 54.6 Å². The molecule has 0 radical (unpaired) electrons. The van der Waals surface area contributed by atoms with Gasteiger partial charge in [0.2, 0.25) is 0 Å². The van der Waals surface area contributed by atoms with Crippen molar-refractivity contribution in [1.29, 1.82) is 0 Å². The lowest BCUT2D eigenvalue weighted by Gasteiger charge is -2.25. The molecule has 1 spiro atoms. The maximum atomic E-state index is 13.1. The van der Waals surface area contributed by atoms with E-state index in [-0.39, 0.29) is 23.4 Å². The minimum atomic E-state index is -1.48. The molecule has 4 atom stereocenters. The van der Waals surface area contributed by atoms with E-state index in [0.717, 1.165) is 5.56 Å². The third-order valence-corrected chi connectivity index (χ3v) is 6.91. The van der Waals surface area contributed by atoms with Gasteiger partial charge in [0, 0.05) is 22.2 Å². The first-order valence-corrected chi connectivity index (χ1v) is 11.2. The van der Waals surface area contributed by atoms with Gasteiger partial charge in [-0.1, -0.05) is 48.0 Å². The highest BCUT2D eigenvalue weighted by Gasteiger charge is 2.67. The van der Waals surface area contributed by atoms with Crippen LogP contribution in [0.25, 0.3) is 0 Å². The number of halogens is 2. The fourth-order valence-electron chi connectivity index (χ4n) is 5.14. The van der Waals surface area contributed by atoms with Gasteiger partial charge >= 0.3 is 0 Å². The summed E-state index contributed by atoms with van der Waals surface area (Å²) in [6, 6.07) is 16.4. The van der Waals surface area contributed by atoms with Crippen LogP contribution < -0.4 is 15.4 Å². The number of amides is 1. The lowest BCUT2D eigenvalue weighted by molar-refractivity contribution is -0.532. The van der Waals surface area contributed by atoms with E-state index >= 15 is 0 Å². The van der Waals surface area contributed by atoms with Crippen LogP contribution in [0.3, 0.4) is 0 Å². The minimum Gasteiger partial charge on any atom is -0.487 e. The first-order chi connectivity index (χ1) is 16.3. The molecule has 0 aromatic heterocycles. The van der Waals surface area contributed by atoms with Crippen molar-refractivity contribution in [3.8, 4) is 5.75 Å². The molecule has 2 heterocycles. The van der Waals surface area contributed by atoms with Crippen molar-refractivity contribution in [3.63, 3.8) is 0 Å². The van der Waals surface area contributed by atoms with Crippen LogP contribution in [0.4, 0.5) is 10.1 Å². The maximum Gasteiger partial charge on any atom is 0.256 e. The molecule has 1 amide bonds. The number of hydrogen-bond acceptors (Lipinski definition) is 5. The van der Waals surface area contributed by atoms with Gasteiger partial charge in [0.1, 0.15) is 18.2 Å². The van der Waals surface area contributed by atoms with Crippen LogP contribution in [0.2, 0.25) is 5.02 Å². The fraction of sp³-hybridized carbons (Fsp3) is 0.240. The van der Waals surface area contributed by atoms with Crippen LogP contribution >= 0.6 is 11.6 Å². The van der Waals surface area contributed by atoms with Crippen LogP contribution in [0, 0.1) is 15.9 Å². The Morgan fingerprint density at radius 1 is 1.15 bits per heavy atom. The number of nitrogens with one attached hydrogen (secondary N) is 2. The van der Waals surface area contributed by atoms with Crippen LogP contribution in [-0.2, 0) is 16.9 Å². The molecule has 5 rings (SSSR count). The number of rotatable bonds is 5. The van der Waals surface area contributed by atoms with Gasteiger partial charge < -0.3 is 10.1 Å². The second-order valence-electron chi connectivity index (χ2n) is 8.60. The molecule has 0 unspecified atom stereocenters. The van der Waals surface area contributed by atoms with Gasteiger partial charge in [-0.2, -0.15) is 0 Å². The van der Waals surface area contributed by atoms with Crippen LogP contribution in [-0.4, -0.2) is 22.9 Å². The third-order valence-electron chi connectivity index (χ3n) is 6.61. The number of para-hydroxylation sites is 1. The van der Waals surface area contributed by atoms with E-state index in [0.29, 0.717) is 27.6 Å². The zero-order valence-corrected chi connectivity index (χ0v) is 18.9. The molecule has 3 aromatic carbocycles. The molecule has 1 saturated heterocycles. The Labute approximate surface area is 200 Å². The Morgan fingerprint density at radius 3 is 2.59 bits per heavy atom. The minimum absolute atomic E-state index is 0.193. The molecule has 9 heteroatoms. The molecule has 2 aliphatic heterocycles. The Bertz CT molecular complexity index is 1290. The van der Waals surface area contributed by atoms with E-state index in [2.05, 4.69) is 10.6 Å². The number of carbonyl (C=O) groups excluding carboxylic acids is 1. The molecular weight excluding hydrogens is 461 g/mol. The van der Waals surface area contributed by atoms with E-state index in [4.69, 9.17) is 16.3 Å². The molecule has 7 nitrogen and oxygen atoms in total. The van der Waals surface area contributed by atoms with Crippen LogP contribution in [0.15, 0.2) is 66.7 Å². The third kappa shape index (κ3) is 3.50. The summed E-state index contributed by atoms with van der Waals surface area (Å²) in [6.07, 6.45) is 0. The summed E-state index contributed by atoms with van der Waals surface area (Å²) in [7, 11) is 0. The van der Waals surface area contributed by atoms with Gasteiger partial charge in [0.25, 0.3) is 11.9 Å². The first-order valence-electron chi connectivity index (χ1n) is 10.8. The van der Waals surface area contributed by atoms with Crippen LogP contribution in [0.1, 0.15) is 29.5 Å². The van der Waals surface area contributed by atoms with E-state index in [9.17, 15) is 19.3 Å². The molecule has 2 aliphatic rings. The van der Waals surface area contributed by atoms with Crippen molar-refractivity contribution in [1.82, 2.24) is 5.32 Å². The van der Waals surface area contributed by atoms with Gasteiger partial charge in [-0.05, 0) is 48.4 Å². The molecule has 174 valence electrons. The Kier molecular flexibility index (Phi) is 5.50. The molecule has 0 bridgehead atoms. The van der Waals surface area contributed by atoms with Crippen molar-refractivity contribution in [2.75, 3.05) is 5.32 Å². The van der Waals surface area contributed by atoms with E-state index in [1.165, 1.54) is 12.1 Å². The Morgan fingerprint density at radius 2 is 1.88 bits per heavy atom. The predicted octanol–water partition coefficient (Wildman–Crippen LogP) is 4.63. The molecule has 1 fully saturated rings. The summed E-state index contributed by atoms with van der Waals surface area (Å²) in [6.45, 7) is 2.02. The van der Waals surface area contributed by atoms with Crippen molar-refractivity contribution in [3.05, 3.63) is 104 Å². The zero-order chi connectivity index (χ0) is 24.0. The van der Waals surface area contributed by atoms with Crippen LogP contribution in [0.5, 0.6) is 5.75 Å². The van der Waals surface area contributed by atoms with Crippen molar-refractivity contribution in [2.45, 2.75) is 37.1 Å². The van der Waals surface area contributed by atoms with Gasteiger partial charge in [-0.3, -0.25) is 20.2 Å². The largest absolute Gasteiger partial charge is 0.487 e. The number of hydrogen-bond donors (Lipinski definition) is 2. The molecule has 3 aromatic rings. The number of fused-ring (bicyclic) bond motifs is 2. The molecule has 34 heavy (non-hydrogen) atoms. The first kappa shape index (κ1) is 22.3. The number of nitrogens with zero attached hydrogens (tertiary/aromatic N) is 1. The number of benzene rings is 3. The average molecular weight is 482 g/mol. The fourth-order valence-corrected chi connectivity index (χ4v) is 5.38. The lowest BCUT2D eigenvalue weighted by Crippen LogP contribution is -2.54. The monoisotopic (exact) mass is 481 g/mol. The highest BCUT2D eigenvalue weighted by atomic mass is 35.5. The molecule has 0 aliphatic carbocycles. The standard InChI is InChI=1S/C25H21ClFN3O4/c1-14-22(16-8-11-21(19(26)12-16)34-13-15-6-9-17(27)10-7-15)23(30(32)33)25(29-14)18-4-2-3-5-20(18)28-24(25)31/h2-12,14,22-23,29H,13H2,1H3,(H,28,31)/t14-,22-,23-,25-/m0/s1. The van der Waals surface area contributed by atoms with E-state index < -0.39 is 23.4 Å². The number of nitro groups is 1. The van der Waals surface area contributed by atoms with Crippen molar-refractivity contribution in [2.24, 2.45) is 0 Å². The smallest absolute Gasteiger partial charge is 0.256 e.